The highest BCUT2D eigenvalue weighted by atomic mass is 35.5. The fourth-order valence-electron chi connectivity index (χ4n) is 1.99. The molecule has 0 bridgehead atoms. The van der Waals surface area contributed by atoms with Gasteiger partial charge in [-0.05, 0) is 30.3 Å². The van der Waals surface area contributed by atoms with Crippen LogP contribution in [0.4, 0.5) is 0 Å². The van der Waals surface area contributed by atoms with Crippen molar-refractivity contribution in [2.24, 2.45) is 0 Å². The summed E-state index contributed by atoms with van der Waals surface area (Å²) in [5, 5.41) is 1.99. The molecule has 2 nitrogen and oxygen atoms in total. The lowest BCUT2D eigenvalue weighted by molar-refractivity contribution is 0.415. The second-order valence-corrected chi connectivity index (χ2v) is 4.99. The van der Waals surface area contributed by atoms with Gasteiger partial charge in [-0.1, -0.05) is 35.3 Å². The first-order valence-electron chi connectivity index (χ1n) is 5.70. The molecule has 0 N–H and O–H groups in total. The van der Waals surface area contributed by atoms with Crippen molar-refractivity contribution in [3.05, 3.63) is 52.5 Å². The van der Waals surface area contributed by atoms with Crippen LogP contribution in [0.3, 0.4) is 0 Å². The Morgan fingerprint density at radius 1 is 1.05 bits per heavy atom. The Hall–Kier alpha value is -1.64. The maximum absolute atomic E-state index is 6.12. The SMILES string of the molecule is COc1cccc(-c2cc3cc(Cl)cc(Cl)c3o2)c1. The van der Waals surface area contributed by atoms with Gasteiger partial charge in [0.05, 0.1) is 12.1 Å². The molecule has 3 aromatic rings. The van der Waals surface area contributed by atoms with Crippen LogP contribution in [0.25, 0.3) is 22.3 Å². The van der Waals surface area contributed by atoms with Crippen LogP contribution in [0.2, 0.25) is 10.0 Å². The number of methoxy groups -OCH3 is 1. The lowest BCUT2D eigenvalue weighted by Crippen LogP contribution is -1.82. The lowest BCUT2D eigenvalue weighted by atomic mass is 10.1. The summed E-state index contributed by atoms with van der Waals surface area (Å²) in [5.74, 6) is 1.51. The molecule has 0 aliphatic rings. The van der Waals surface area contributed by atoms with Crippen LogP contribution < -0.4 is 4.74 Å². The van der Waals surface area contributed by atoms with E-state index in [2.05, 4.69) is 0 Å². The number of fused-ring (bicyclic) bond motifs is 1. The summed E-state index contributed by atoms with van der Waals surface area (Å²) in [6.45, 7) is 0. The molecule has 1 heterocycles. The average Bonchev–Trinajstić information content (AvgIpc) is 2.83. The molecule has 96 valence electrons. The summed E-state index contributed by atoms with van der Waals surface area (Å²) in [6.07, 6.45) is 0. The third-order valence-corrected chi connectivity index (χ3v) is 3.39. The summed E-state index contributed by atoms with van der Waals surface area (Å²) in [5.41, 5.74) is 1.58. The number of rotatable bonds is 2. The normalized spacial score (nSPS) is 10.9. The van der Waals surface area contributed by atoms with Crippen LogP contribution in [-0.2, 0) is 0 Å². The van der Waals surface area contributed by atoms with Crippen molar-refractivity contribution in [1.29, 1.82) is 0 Å². The van der Waals surface area contributed by atoms with Crippen molar-refractivity contribution in [2.75, 3.05) is 7.11 Å². The van der Waals surface area contributed by atoms with Crippen LogP contribution in [0.15, 0.2) is 46.9 Å². The molecule has 3 rings (SSSR count). The minimum Gasteiger partial charge on any atom is -0.497 e. The molecule has 0 saturated heterocycles. The number of halogens is 2. The first kappa shape index (κ1) is 12.4. The third-order valence-electron chi connectivity index (χ3n) is 2.89. The second kappa shape index (κ2) is 4.80. The first-order chi connectivity index (χ1) is 9.17. The van der Waals surface area contributed by atoms with Gasteiger partial charge in [0.15, 0.2) is 5.58 Å². The third kappa shape index (κ3) is 2.29. The van der Waals surface area contributed by atoms with Crippen LogP contribution in [0, 0.1) is 0 Å². The summed E-state index contributed by atoms with van der Waals surface area (Å²) < 4.78 is 11.0. The molecule has 1 aromatic heterocycles. The van der Waals surface area contributed by atoms with Crippen molar-refractivity contribution in [1.82, 2.24) is 0 Å². The van der Waals surface area contributed by atoms with E-state index in [9.17, 15) is 0 Å². The van der Waals surface area contributed by atoms with E-state index in [0.717, 1.165) is 22.5 Å². The number of benzene rings is 2. The Balaban J connectivity index is 2.17. The van der Waals surface area contributed by atoms with Gasteiger partial charge in [0.1, 0.15) is 11.5 Å². The van der Waals surface area contributed by atoms with Gasteiger partial charge in [-0.15, -0.1) is 0 Å². The van der Waals surface area contributed by atoms with E-state index in [1.165, 1.54) is 0 Å². The number of ether oxygens (including phenoxy) is 1. The molecule has 19 heavy (non-hydrogen) atoms. The van der Waals surface area contributed by atoms with Gasteiger partial charge in [0.2, 0.25) is 0 Å². The molecule has 0 spiro atoms. The van der Waals surface area contributed by atoms with E-state index >= 15 is 0 Å². The van der Waals surface area contributed by atoms with Gasteiger partial charge < -0.3 is 9.15 Å². The van der Waals surface area contributed by atoms with E-state index in [-0.39, 0.29) is 0 Å². The predicted octanol–water partition coefficient (Wildman–Crippen LogP) is 5.42. The number of hydrogen-bond donors (Lipinski definition) is 0. The molecule has 0 fully saturated rings. The largest absolute Gasteiger partial charge is 0.497 e. The van der Waals surface area contributed by atoms with Gasteiger partial charge in [-0.3, -0.25) is 0 Å². The summed E-state index contributed by atoms with van der Waals surface area (Å²) >= 11 is 12.1. The predicted molar refractivity (Wildman–Crippen MR) is 78.2 cm³/mol. The molecule has 0 atom stereocenters. The zero-order chi connectivity index (χ0) is 13.4. The molecular weight excluding hydrogens is 283 g/mol. The maximum Gasteiger partial charge on any atom is 0.153 e. The van der Waals surface area contributed by atoms with Gasteiger partial charge in [-0.25, -0.2) is 0 Å². The summed E-state index contributed by atoms with van der Waals surface area (Å²) in [7, 11) is 1.63. The Morgan fingerprint density at radius 2 is 1.89 bits per heavy atom. The van der Waals surface area contributed by atoms with Gasteiger partial charge >= 0.3 is 0 Å². The quantitative estimate of drug-likeness (QED) is 0.630. The standard InChI is InChI=1S/C15H10Cl2O2/c1-18-12-4-2-3-9(6-12)14-7-10-5-11(16)8-13(17)15(10)19-14/h2-8H,1H3. The highest BCUT2D eigenvalue weighted by Gasteiger charge is 2.10. The molecule has 4 heteroatoms. The van der Waals surface area contributed by atoms with Crippen LogP contribution in [0.5, 0.6) is 5.75 Å². The minimum absolute atomic E-state index is 0.511. The van der Waals surface area contributed by atoms with E-state index < -0.39 is 0 Å². The molecule has 0 radical (unpaired) electrons. The number of furan rings is 1. The Morgan fingerprint density at radius 3 is 2.68 bits per heavy atom. The van der Waals surface area contributed by atoms with E-state index in [1.54, 1.807) is 13.2 Å². The zero-order valence-corrected chi connectivity index (χ0v) is 11.6. The molecule has 0 amide bonds. The summed E-state index contributed by atoms with van der Waals surface area (Å²) in [4.78, 5) is 0. The van der Waals surface area contributed by atoms with E-state index in [0.29, 0.717) is 15.6 Å². The topological polar surface area (TPSA) is 22.4 Å². The Kier molecular flexibility index (Phi) is 3.13. The molecular formula is C15H10Cl2O2. The zero-order valence-electron chi connectivity index (χ0n) is 10.1. The van der Waals surface area contributed by atoms with Crippen molar-refractivity contribution in [3.63, 3.8) is 0 Å². The summed E-state index contributed by atoms with van der Waals surface area (Å²) in [6, 6.07) is 13.1. The van der Waals surface area contributed by atoms with Crippen molar-refractivity contribution in [3.8, 4) is 17.1 Å². The Bertz CT molecular complexity index is 747. The molecule has 2 aromatic carbocycles. The van der Waals surface area contributed by atoms with Crippen molar-refractivity contribution < 1.29 is 9.15 Å². The highest BCUT2D eigenvalue weighted by molar-refractivity contribution is 6.38. The number of hydrogen-bond acceptors (Lipinski definition) is 2. The first-order valence-corrected chi connectivity index (χ1v) is 6.46. The van der Waals surface area contributed by atoms with Gasteiger partial charge in [-0.2, -0.15) is 0 Å². The average molecular weight is 293 g/mol. The van der Waals surface area contributed by atoms with Gasteiger partial charge in [0, 0.05) is 16.0 Å². The Labute approximate surface area is 120 Å². The van der Waals surface area contributed by atoms with Crippen molar-refractivity contribution in [2.45, 2.75) is 0 Å². The van der Waals surface area contributed by atoms with Crippen LogP contribution >= 0.6 is 23.2 Å². The maximum atomic E-state index is 6.12. The fourth-order valence-corrected chi connectivity index (χ4v) is 2.54. The molecule has 0 aliphatic heterocycles. The monoisotopic (exact) mass is 292 g/mol. The minimum atomic E-state index is 0.511. The second-order valence-electron chi connectivity index (χ2n) is 4.15. The van der Waals surface area contributed by atoms with Crippen LogP contribution in [0.1, 0.15) is 0 Å². The molecule has 0 unspecified atom stereocenters. The van der Waals surface area contributed by atoms with E-state index in [4.69, 9.17) is 32.4 Å². The molecule has 0 aliphatic carbocycles. The fraction of sp³-hybridized carbons (Fsp3) is 0.0667. The van der Waals surface area contributed by atoms with Crippen LogP contribution in [-0.4, -0.2) is 7.11 Å². The van der Waals surface area contributed by atoms with E-state index in [1.807, 2.05) is 36.4 Å². The van der Waals surface area contributed by atoms with Gasteiger partial charge in [0.25, 0.3) is 0 Å². The molecule has 0 saturated carbocycles. The lowest BCUT2D eigenvalue weighted by Gasteiger charge is -2.01. The highest BCUT2D eigenvalue weighted by Crippen LogP contribution is 2.35. The van der Waals surface area contributed by atoms with Crippen molar-refractivity contribution >= 4 is 34.2 Å². The smallest absolute Gasteiger partial charge is 0.153 e.